The summed E-state index contributed by atoms with van der Waals surface area (Å²) in [6, 6.07) is 14.5. The van der Waals surface area contributed by atoms with Crippen LogP contribution >= 0.6 is 23.4 Å². The van der Waals surface area contributed by atoms with Crippen LogP contribution in [-0.4, -0.2) is 63.3 Å². The van der Waals surface area contributed by atoms with Crippen molar-refractivity contribution >= 4 is 34.2 Å². The average Bonchev–Trinajstić information content (AvgIpc) is 2.70. The van der Waals surface area contributed by atoms with Gasteiger partial charge in [-0.15, -0.1) is 0 Å². The Kier molecular flexibility index (Phi) is 8.15. The van der Waals surface area contributed by atoms with Gasteiger partial charge in [0.1, 0.15) is 5.00 Å². The van der Waals surface area contributed by atoms with Crippen LogP contribution in [0.25, 0.3) is 10.8 Å². The van der Waals surface area contributed by atoms with Crippen LogP contribution in [0.1, 0.15) is 5.56 Å². The van der Waals surface area contributed by atoms with Crippen molar-refractivity contribution in [1.82, 2.24) is 25.7 Å². The van der Waals surface area contributed by atoms with Crippen molar-refractivity contribution in [2.75, 3.05) is 58.9 Å². The first kappa shape index (κ1) is 20.8. The predicted octanol–water partition coefficient (Wildman–Crippen LogP) is 2.06. The van der Waals surface area contributed by atoms with Crippen LogP contribution in [0, 0.1) is 0 Å². The number of nitrogens with zero attached hydrogens (tertiary/aromatic N) is 1. The fourth-order valence-corrected chi connectivity index (χ4v) is 3.96. The molecule has 148 valence electrons. The van der Waals surface area contributed by atoms with Crippen molar-refractivity contribution in [2.45, 2.75) is 5.00 Å². The van der Waals surface area contributed by atoms with Crippen LogP contribution in [0.2, 0.25) is 0 Å². The molecule has 1 fully saturated rings. The van der Waals surface area contributed by atoms with Gasteiger partial charge >= 0.3 is 0 Å². The molecule has 7 heteroatoms. The zero-order valence-corrected chi connectivity index (χ0v) is 17.1. The molecule has 0 aliphatic carbocycles. The van der Waals surface area contributed by atoms with E-state index in [-0.39, 0.29) is 0 Å². The highest BCUT2D eigenvalue weighted by atomic mass is 35.5. The van der Waals surface area contributed by atoms with Gasteiger partial charge in [-0.2, -0.15) is 4.42 Å². The molecule has 1 atom stereocenters. The van der Waals surface area contributed by atoms with Gasteiger partial charge < -0.3 is 21.3 Å². The zero-order valence-electron chi connectivity index (χ0n) is 15.6. The third-order valence-corrected chi connectivity index (χ3v) is 5.95. The van der Waals surface area contributed by atoms with Gasteiger partial charge in [-0.25, -0.2) is 0 Å². The maximum Gasteiger partial charge on any atom is 0.148 e. The Morgan fingerprint density at radius 3 is 2.07 bits per heavy atom. The number of benzene rings is 2. The summed E-state index contributed by atoms with van der Waals surface area (Å²) in [5.41, 5.74) is 1.03. The van der Waals surface area contributed by atoms with Gasteiger partial charge in [0, 0.05) is 58.9 Å². The highest BCUT2D eigenvalue weighted by molar-refractivity contribution is 6.29. The number of hydrogen-bond donors (Lipinski definition) is 4. The average molecular weight is 410 g/mol. The molecule has 4 N–H and O–H groups in total. The minimum absolute atomic E-state index is 0.562. The molecule has 0 spiro atoms. The Hall–Kier alpha value is -0.920. The molecule has 1 heterocycles. The highest BCUT2D eigenvalue weighted by Gasteiger charge is 2.36. The van der Waals surface area contributed by atoms with Crippen molar-refractivity contribution in [3.8, 4) is 0 Å². The molecule has 0 bridgehead atoms. The lowest BCUT2D eigenvalue weighted by molar-refractivity contribution is 0.285. The Morgan fingerprint density at radius 2 is 1.33 bits per heavy atom. The summed E-state index contributed by atoms with van der Waals surface area (Å²) in [7, 11) is 0. The van der Waals surface area contributed by atoms with E-state index in [1.165, 1.54) is 5.39 Å². The van der Waals surface area contributed by atoms with E-state index in [4.69, 9.17) is 23.4 Å². The number of alkyl halides is 1. The number of rotatable bonds is 1. The number of hydrogen-bond acceptors (Lipinski definition) is 5. The quantitative estimate of drug-likeness (QED) is 0.330. The van der Waals surface area contributed by atoms with E-state index in [1.807, 2.05) is 18.2 Å². The maximum absolute atomic E-state index is 7.20. The van der Waals surface area contributed by atoms with Gasteiger partial charge in [-0.05, 0) is 28.1 Å². The van der Waals surface area contributed by atoms with Gasteiger partial charge in [0.25, 0.3) is 0 Å². The minimum Gasteiger partial charge on any atom is -0.314 e. The van der Waals surface area contributed by atoms with E-state index in [2.05, 4.69) is 45.5 Å². The van der Waals surface area contributed by atoms with Crippen molar-refractivity contribution in [2.24, 2.45) is 0 Å². The van der Waals surface area contributed by atoms with Crippen LogP contribution in [0.3, 0.4) is 0 Å². The Morgan fingerprint density at radius 1 is 0.741 bits per heavy atom. The summed E-state index contributed by atoms with van der Waals surface area (Å²) in [4.78, 5) is -0.831. The minimum atomic E-state index is -0.831. The number of halogens is 2. The lowest BCUT2D eigenvalue weighted by Crippen LogP contribution is -2.47. The van der Waals surface area contributed by atoms with Crippen LogP contribution in [0.5, 0.6) is 0 Å². The molecule has 2 aromatic carbocycles. The summed E-state index contributed by atoms with van der Waals surface area (Å²) in [6.07, 6.45) is 0. The van der Waals surface area contributed by atoms with E-state index in [1.54, 1.807) is 4.42 Å². The fraction of sp³-hybridized carbons (Fsp3) is 0.500. The standard InChI is InChI=1S/C20H29Cl2N5/c21-20(19-7-3-5-17-4-1-2-6-18(17)19)16-26-13-12-24-9-8-23-10-11-25-14-15-27(20)22/h1-7,23-26H,8-16H2. The molecule has 0 aromatic heterocycles. The van der Waals surface area contributed by atoms with Gasteiger partial charge in [-0.1, -0.05) is 54.1 Å². The second-order valence-electron chi connectivity index (χ2n) is 6.80. The molecular formula is C20H29Cl2N5. The van der Waals surface area contributed by atoms with E-state index >= 15 is 0 Å². The molecule has 5 nitrogen and oxygen atoms in total. The molecular weight excluding hydrogens is 381 g/mol. The lowest BCUT2D eigenvalue weighted by Gasteiger charge is -2.36. The van der Waals surface area contributed by atoms with Gasteiger partial charge in [0.2, 0.25) is 0 Å². The molecule has 0 amide bonds. The van der Waals surface area contributed by atoms with Crippen molar-refractivity contribution in [3.05, 3.63) is 48.0 Å². The third kappa shape index (κ3) is 5.55. The van der Waals surface area contributed by atoms with Crippen LogP contribution in [0.15, 0.2) is 42.5 Å². The summed E-state index contributed by atoms with van der Waals surface area (Å²) >= 11 is 14.0. The van der Waals surface area contributed by atoms with Crippen molar-refractivity contribution < 1.29 is 0 Å². The molecule has 2 aromatic rings. The number of fused-ring (bicyclic) bond motifs is 1. The third-order valence-electron chi connectivity index (χ3n) is 4.87. The molecule has 0 saturated carbocycles. The molecule has 1 aliphatic rings. The second kappa shape index (κ2) is 10.6. The number of nitrogens with one attached hydrogen (secondary N) is 4. The fourth-order valence-electron chi connectivity index (χ4n) is 3.38. The largest absolute Gasteiger partial charge is 0.314 e. The maximum atomic E-state index is 7.20. The SMILES string of the molecule is ClN1CCNCCNCCNCCNCC1(Cl)c1cccc2ccccc12. The second-order valence-corrected chi connectivity index (χ2v) is 7.83. The topological polar surface area (TPSA) is 51.4 Å². The first-order chi connectivity index (χ1) is 13.2. The summed E-state index contributed by atoms with van der Waals surface area (Å²) in [5.74, 6) is 0. The monoisotopic (exact) mass is 409 g/mol. The Balaban J connectivity index is 1.84. The molecule has 1 aliphatic heterocycles. The Labute approximate surface area is 171 Å². The lowest BCUT2D eigenvalue weighted by atomic mass is 9.98. The van der Waals surface area contributed by atoms with Crippen molar-refractivity contribution in [1.29, 1.82) is 0 Å². The van der Waals surface area contributed by atoms with E-state index in [0.29, 0.717) is 13.1 Å². The van der Waals surface area contributed by atoms with Crippen LogP contribution in [0.4, 0.5) is 0 Å². The smallest absolute Gasteiger partial charge is 0.148 e. The molecule has 1 saturated heterocycles. The summed E-state index contributed by atoms with van der Waals surface area (Å²) < 4.78 is 1.73. The first-order valence-electron chi connectivity index (χ1n) is 9.65. The highest BCUT2D eigenvalue weighted by Crippen LogP contribution is 2.38. The van der Waals surface area contributed by atoms with E-state index in [9.17, 15) is 0 Å². The molecule has 1 unspecified atom stereocenters. The van der Waals surface area contributed by atoms with E-state index in [0.717, 1.165) is 56.8 Å². The molecule has 0 radical (unpaired) electrons. The summed E-state index contributed by atoms with van der Waals surface area (Å²) in [6.45, 7) is 7.50. The van der Waals surface area contributed by atoms with Crippen LogP contribution < -0.4 is 21.3 Å². The van der Waals surface area contributed by atoms with Crippen LogP contribution in [-0.2, 0) is 5.00 Å². The normalized spacial score (nSPS) is 25.0. The zero-order chi connectivity index (χ0) is 19.0. The van der Waals surface area contributed by atoms with Gasteiger partial charge in [0.05, 0.1) is 0 Å². The van der Waals surface area contributed by atoms with Gasteiger partial charge in [0.15, 0.2) is 0 Å². The molecule has 27 heavy (non-hydrogen) atoms. The summed E-state index contributed by atoms with van der Waals surface area (Å²) in [5, 5.41) is 16.0. The Bertz CT molecular complexity index is 708. The molecule has 3 rings (SSSR count). The van der Waals surface area contributed by atoms with E-state index < -0.39 is 5.00 Å². The van der Waals surface area contributed by atoms with Gasteiger partial charge in [-0.3, -0.25) is 0 Å². The predicted molar refractivity (Wildman–Crippen MR) is 116 cm³/mol. The first-order valence-corrected chi connectivity index (χ1v) is 10.4. The van der Waals surface area contributed by atoms with Crippen molar-refractivity contribution in [3.63, 3.8) is 0 Å².